The zero-order chi connectivity index (χ0) is 19.1. The zero-order valence-electron chi connectivity index (χ0n) is 16.5. The van der Waals surface area contributed by atoms with Crippen molar-refractivity contribution in [1.82, 2.24) is 0 Å². The second-order valence-corrected chi connectivity index (χ2v) is 9.21. The molecule has 0 spiro atoms. The number of hydrogen-bond acceptors (Lipinski definition) is 4. The lowest BCUT2D eigenvalue weighted by Crippen LogP contribution is -2.56. The van der Waals surface area contributed by atoms with Crippen molar-refractivity contribution in [3.8, 4) is 0 Å². The number of hydrogen-bond donors (Lipinski definition) is 1. The highest BCUT2D eigenvalue weighted by atomic mass is 16.6. The Labute approximate surface area is 156 Å². The van der Waals surface area contributed by atoms with Crippen LogP contribution in [0.2, 0.25) is 0 Å². The van der Waals surface area contributed by atoms with Crippen molar-refractivity contribution in [2.75, 3.05) is 7.11 Å². The molecule has 146 valence electrons. The molecule has 1 N–H and O–H groups in total. The summed E-state index contributed by atoms with van der Waals surface area (Å²) in [5.41, 5.74) is 0.658. The highest BCUT2D eigenvalue weighted by molar-refractivity contribution is 5.47. The molecule has 5 nitrogen and oxygen atoms in total. The van der Waals surface area contributed by atoms with E-state index >= 15 is 0 Å². The molecule has 2 saturated carbocycles. The average Bonchev–Trinajstić information content (AvgIpc) is 2.82. The highest BCUT2D eigenvalue weighted by Gasteiger charge is 2.56. The maximum atomic E-state index is 12.1. The molecule has 0 saturated heterocycles. The Hall–Kier alpha value is -1.20. The molecule has 0 bridgehead atoms. The molecular formula is C21H33NO4. The first-order chi connectivity index (χ1) is 12.2. The topological polar surface area (TPSA) is 72.6 Å². The smallest absolute Gasteiger partial charge is 0.261 e. The summed E-state index contributed by atoms with van der Waals surface area (Å²) in [6, 6.07) is -0.863. The summed E-state index contributed by atoms with van der Waals surface area (Å²) in [7, 11) is 1.51. The molecule has 5 unspecified atom stereocenters. The molecule has 3 rings (SSSR count). The van der Waals surface area contributed by atoms with Gasteiger partial charge in [-0.1, -0.05) is 40.0 Å². The van der Waals surface area contributed by atoms with Crippen LogP contribution in [0.1, 0.15) is 65.7 Å². The number of fused-ring (bicyclic) bond motifs is 1. The molecule has 0 radical (unpaired) electrons. The molecule has 3 aliphatic carbocycles. The SMILES string of the molecule is COC1C=C2C(=CC1[N+](=O)[O-])CCC(C)(C)C2(O)C1CCCC(C)CC1. The van der Waals surface area contributed by atoms with E-state index in [4.69, 9.17) is 4.74 Å². The largest absolute Gasteiger partial charge is 0.384 e. The Bertz CT molecular complexity index is 624. The van der Waals surface area contributed by atoms with Crippen LogP contribution in [-0.4, -0.2) is 34.9 Å². The number of methoxy groups -OCH3 is 1. The van der Waals surface area contributed by atoms with E-state index in [1.807, 2.05) is 6.08 Å². The van der Waals surface area contributed by atoms with E-state index in [9.17, 15) is 15.2 Å². The Balaban J connectivity index is 2.03. The fraction of sp³-hybridized carbons (Fsp3) is 0.810. The molecule has 2 fully saturated rings. The molecule has 0 aromatic carbocycles. The van der Waals surface area contributed by atoms with Gasteiger partial charge in [0.1, 0.15) is 6.10 Å². The molecule has 26 heavy (non-hydrogen) atoms. The predicted octanol–water partition coefficient (Wildman–Crippen LogP) is 4.28. The van der Waals surface area contributed by atoms with Gasteiger partial charge in [-0.15, -0.1) is 0 Å². The maximum absolute atomic E-state index is 12.1. The fourth-order valence-corrected chi connectivity index (χ4v) is 5.42. The summed E-state index contributed by atoms with van der Waals surface area (Å²) in [5.74, 6) is 0.901. The van der Waals surface area contributed by atoms with Gasteiger partial charge in [0.2, 0.25) is 0 Å². The fourth-order valence-electron chi connectivity index (χ4n) is 5.42. The van der Waals surface area contributed by atoms with Gasteiger partial charge < -0.3 is 9.84 Å². The van der Waals surface area contributed by atoms with Crippen molar-refractivity contribution >= 4 is 0 Å². The van der Waals surface area contributed by atoms with Crippen LogP contribution in [0.4, 0.5) is 0 Å². The van der Waals surface area contributed by atoms with Gasteiger partial charge >= 0.3 is 0 Å². The van der Waals surface area contributed by atoms with Crippen LogP contribution < -0.4 is 0 Å². The van der Waals surface area contributed by atoms with Crippen LogP contribution >= 0.6 is 0 Å². The summed E-state index contributed by atoms with van der Waals surface area (Å²) < 4.78 is 5.43. The zero-order valence-corrected chi connectivity index (χ0v) is 16.5. The van der Waals surface area contributed by atoms with Gasteiger partial charge in [0.05, 0.1) is 5.60 Å². The molecule has 0 aliphatic heterocycles. The summed E-state index contributed by atoms with van der Waals surface area (Å²) in [4.78, 5) is 11.2. The quantitative estimate of drug-likeness (QED) is 0.461. The standard InChI is InChI=1S/C21H33NO4/c1-14-6-5-7-16(9-8-14)21(23)17-13-19(26-4)18(22(24)25)12-15(17)10-11-20(21,2)3/h12-14,16,18-19,23H,5-11H2,1-4H3. The lowest BCUT2D eigenvalue weighted by molar-refractivity contribution is -0.519. The van der Waals surface area contributed by atoms with E-state index < -0.39 is 17.7 Å². The molecule has 0 aromatic rings. The second-order valence-electron chi connectivity index (χ2n) is 9.21. The summed E-state index contributed by atoms with van der Waals surface area (Å²) in [6.45, 7) is 6.60. The summed E-state index contributed by atoms with van der Waals surface area (Å²) in [5, 5.41) is 23.6. The van der Waals surface area contributed by atoms with Crippen LogP contribution in [0, 0.1) is 27.4 Å². The highest BCUT2D eigenvalue weighted by Crippen LogP contribution is 2.56. The van der Waals surface area contributed by atoms with Gasteiger partial charge in [0.15, 0.2) is 0 Å². The average molecular weight is 363 g/mol. The third kappa shape index (κ3) is 3.13. The van der Waals surface area contributed by atoms with Crippen LogP contribution in [0.5, 0.6) is 0 Å². The van der Waals surface area contributed by atoms with E-state index in [2.05, 4.69) is 20.8 Å². The number of rotatable bonds is 3. The third-order valence-electron chi connectivity index (χ3n) is 7.21. The van der Waals surface area contributed by atoms with Crippen LogP contribution in [-0.2, 0) is 4.74 Å². The van der Waals surface area contributed by atoms with Gasteiger partial charge in [0, 0.05) is 12.0 Å². The number of ether oxygens (including phenoxy) is 1. The summed E-state index contributed by atoms with van der Waals surface area (Å²) in [6.07, 6.45) is 10.1. The monoisotopic (exact) mass is 363 g/mol. The number of nitrogens with zero attached hydrogens (tertiary/aromatic N) is 1. The molecule has 5 heteroatoms. The van der Waals surface area contributed by atoms with Gasteiger partial charge in [-0.3, -0.25) is 10.1 Å². The van der Waals surface area contributed by atoms with E-state index in [0.717, 1.165) is 49.7 Å². The lowest BCUT2D eigenvalue weighted by Gasteiger charge is -2.54. The minimum absolute atomic E-state index is 0.196. The lowest BCUT2D eigenvalue weighted by atomic mass is 9.54. The van der Waals surface area contributed by atoms with Crippen molar-refractivity contribution in [3.05, 3.63) is 33.4 Å². The molecule has 0 heterocycles. The van der Waals surface area contributed by atoms with Crippen LogP contribution in [0.3, 0.4) is 0 Å². The third-order valence-corrected chi connectivity index (χ3v) is 7.21. The number of aliphatic hydroxyl groups is 1. The van der Waals surface area contributed by atoms with E-state index in [1.54, 1.807) is 6.08 Å². The van der Waals surface area contributed by atoms with Gasteiger partial charge in [-0.2, -0.15) is 0 Å². The molecule has 5 atom stereocenters. The maximum Gasteiger partial charge on any atom is 0.261 e. The van der Waals surface area contributed by atoms with Gasteiger partial charge in [0.25, 0.3) is 6.04 Å². The minimum Gasteiger partial charge on any atom is -0.384 e. The second kappa shape index (κ2) is 7.08. The Kier molecular flexibility index (Phi) is 5.33. The Morgan fingerprint density at radius 2 is 1.96 bits per heavy atom. The van der Waals surface area contributed by atoms with Crippen LogP contribution in [0.25, 0.3) is 0 Å². The predicted molar refractivity (Wildman–Crippen MR) is 101 cm³/mol. The Morgan fingerprint density at radius 3 is 2.62 bits per heavy atom. The molecular weight excluding hydrogens is 330 g/mol. The first-order valence-electron chi connectivity index (χ1n) is 10.0. The molecule has 0 amide bonds. The van der Waals surface area contributed by atoms with Gasteiger partial charge in [-0.05, 0) is 66.2 Å². The first kappa shape index (κ1) is 19.6. The van der Waals surface area contributed by atoms with Crippen LogP contribution in [0.15, 0.2) is 23.3 Å². The van der Waals surface area contributed by atoms with Crippen molar-refractivity contribution in [1.29, 1.82) is 0 Å². The normalized spacial score (nSPS) is 40.0. The Morgan fingerprint density at radius 1 is 1.23 bits per heavy atom. The molecule has 0 aromatic heterocycles. The van der Waals surface area contributed by atoms with E-state index in [0.29, 0.717) is 5.92 Å². The minimum atomic E-state index is -0.945. The van der Waals surface area contributed by atoms with E-state index in [-0.39, 0.29) is 16.3 Å². The first-order valence-corrected chi connectivity index (χ1v) is 10.0. The van der Waals surface area contributed by atoms with Crippen molar-refractivity contribution < 1.29 is 14.8 Å². The molecule has 3 aliphatic rings. The van der Waals surface area contributed by atoms with Crippen molar-refractivity contribution in [3.63, 3.8) is 0 Å². The van der Waals surface area contributed by atoms with Crippen molar-refractivity contribution in [2.45, 2.75) is 83.5 Å². The van der Waals surface area contributed by atoms with E-state index in [1.165, 1.54) is 13.5 Å². The summed E-state index contributed by atoms with van der Waals surface area (Å²) >= 11 is 0. The van der Waals surface area contributed by atoms with Crippen molar-refractivity contribution in [2.24, 2.45) is 17.3 Å². The number of nitro groups is 1. The van der Waals surface area contributed by atoms with Gasteiger partial charge in [-0.25, -0.2) is 0 Å².